The van der Waals surface area contributed by atoms with Gasteiger partial charge in [-0.15, -0.1) is 0 Å². The summed E-state index contributed by atoms with van der Waals surface area (Å²) >= 11 is 0. The van der Waals surface area contributed by atoms with Crippen molar-refractivity contribution in [2.24, 2.45) is 5.11 Å². The van der Waals surface area contributed by atoms with E-state index in [1.54, 1.807) is 0 Å². The van der Waals surface area contributed by atoms with E-state index in [1.807, 2.05) is 37.3 Å². The van der Waals surface area contributed by atoms with Gasteiger partial charge < -0.3 is 4.74 Å². The van der Waals surface area contributed by atoms with E-state index in [0.29, 0.717) is 13.2 Å². The number of benzene rings is 1. The van der Waals surface area contributed by atoms with Crippen molar-refractivity contribution in [3.8, 4) is 5.75 Å². The summed E-state index contributed by atoms with van der Waals surface area (Å²) in [5.74, 6) is 0.722. The third-order valence-electron chi connectivity index (χ3n) is 2.33. The molecule has 1 aromatic carbocycles. The van der Waals surface area contributed by atoms with E-state index in [1.165, 1.54) is 0 Å². The van der Waals surface area contributed by atoms with Crippen molar-refractivity contribution in [3.05, 3.63) is 46.5 Å². The molecule has 86 valence electrons. The van der Waals surface area contributed by atoms with Gasteiger partial charge in [-0.25, -0.2) is 4.98 Å². The van der Waals surface area contributed by atoms with Crippen LogP contribution in [0.25, 0.3) is 21.3 Å². The average molecular weight is 228 g/mol. The number of azide groups is 1. The van der Waals surface area contributed by atoms with Crippen LogP contribution in [0.4, 0.5) is 0 Å². The molecule has 17 heavy (non-hydrogen) atoms. The molecule has 0 spiro atoms. The minimum absolute atomic E-state index is 0.318. The Labute approximate surface area is 98.7 Å². The summed E-state index contributed by atoms with van der Waals surface area (Å²) in [5.41, 5.74) is 9.95. The zero-order valence-corrected chi connectivity index (χ0v) is 9.50. The van der Waals surface area contributed by atoms with Crippen LogP contribution in [0.1, 0.15) is 5.69 Å². The van der Waals surface area contributed by atoms with Crippen LogP contribution < -0.4 is 4.74 Å². The summed E-state index contributed by atoms with van der Waals surface area (Å²) in [4.78, 5) is 7.12. The van der Waals surface area contributed by atoms with Crippen LogP contribution in [-0.4, -0.2) is 18.1 Å². The van der Waals surface area contributed by atoms with Crippen molar-refractivity contribution >= 4 is 10.9 Å². The fourth-order valence-electron chi connectivity index (χ4n) is 1.58. The Morgan fingerprint density at radius 3 is 3.06 bits per heavy atom. The molecule has 1 aromatic heterocycles. The quantitative estimate of drug-likeness (QED) is 0.349. The Morgan fingerprint density at radius 1 is 1.35 bits per heavy atom. The second kappa shape index (κ2) is 5.18. The van der Waals surface area contributed by atoms with E-state index < -0.39 is 0 Å². The number of pyridine rings is 1. The molecule has 0 saturated carbocycles. The topological polar surface area (TPSA) is 70.9 Å². The first-order chi connectivity index (χ1) is 8.31. The van der Waals surface area contributed by atoms with Crippen molar-refractivity contribution in [2.75, 3.05) is 13.2 Å². The standard InChI is InChI=1S/C12H12N4O/c1-9-5-6-10-3-2-4-11(12(10)15-9)17-8-7-14-16-13/h2-6H,7-8H2,1H3. The van der Waals surface area contributed by atoms with E-state index >= 15 is 0 Å². The largest absolute Gasteiger partial charge is 0.491 e. The monoisotopic (exact) mass is 228 g/mol. The maximum Gasteiger partial charge on any atom is 0.145 e. The highest BCUT2D eigenvalue weighted by Crippen LogP contribution is 2.23. The molecule has 0 unspecified atom stereocenters. The summed E-state index contributed by atoms with van der Waals surface area (Å²) < 4.78 is 5.55. The fourth-order valence-corrected chi connectivity index (χ4v) is 1.58. The molecular formula is C12H12N4O. The lowest BCUT2D eigenvalue weighted by Crippen LogP contribution is -2.01. The van der Waals surface area contributed by atoms with Crippen LogP contribution in [0.2, 0.25) is 0 Å². The highest BCUT2D eigenvalue weighted by atomic mass is 16.5. The van der Waals surface area contributed by atoms with Gasteiger partial charge in [-0.3, -0.25) is 0 Å². The smallest absolute Gasteiger partial charge is 0.145 e. The lowest BCUT2D eigenvalue weighted by Gasteiger charge is -2.07. The normalized spacial score (nSPS) is 9.94. The van der Waals surface area contributed by atoms with Crippen LogP contribution in [0.15, 0.2) is 35.4 Å². The van der Waals surface area contributed by atoms with Crippen molar-refractivity contribution in [1.29, 1.82) is 0 Å². The average Bonchev–Trinajstić information content (AvgIpc) is 2.35. The van der Waals surface area contributed by atoms with E-state index in [2.05, 4.69) is 15.0 Å². The number of para-hydroxylation sites is 1. The van der Waals surface area contributed by atoms with Gasteiger partial charge in [-0.05, 0) is 24.6 Å². The van der Waals surface area contributed by atoms with Crippen LogP contribution in [-0.2, 0) is 0 Å². The number of aryl methyl sites for hydroxylation is 1. The van der Waals surface area contributed by atoms with Crippen LogP contribution in [0.3, 0.4) is 0 Å². The third-order valence-corrected chi connectivity index (χ3v) is 2.33. The van der Waals surface area contributed by atoms with Crippen molar-refractivity contribution in [3.63, 3.8) is 0 Å². The van der Waals surface area contributed by atoms with Crippen LogP contribution in [0, 0.1) is 6.92 Å². The van der Waals surface area contributed by atoms with Crippen LogP contribution >= 0.6 is 0 Å². The minimum atomic E-state index is 0.318. The lowest BCUT2D eigenvalue weighted by molar-refractivity contribution is 0.331. The summed E-state index contributed by atoms with van der Waals surface area (Å²) in [7, 11) is 0. The Morgan fingerprint density at radius 2 is 2.24 bits per heavy atom. The molecule has 0 N–H and O–H groups in total. The molecular weight excluding hydrogens is 216 g/mol. The molecule has 0 fully saturated rings. The Balaban J connectivity index is 2.26. The second-order valence-corrected chi connectivity index (χ2v) is 3.58. The highest BCUT2D eigenvalue weighted by molar-refractivity contribution is 5.84. The van der Waals surface area contributed by atoms with Gasteiger partial charge in [0, 0.05) is 16.0 Å². The number of aromatic nitrogens is 1. The van der Waals surface area contributed by atoms with Crippen molar-refractivity contribution in [2.45, 2.75) is 6.92 Å². The van der Waals surface area contributed by atoms with Gasteiger partial charge in [0.1, 0.15) is 11.3 Å². The Hall–Kier alpha value is -2.26. The molecule has 0 bridgehead atoms. The maximum atomic E-state index is 8.16. The number of hydrogen-bond donors (Lipinski definition) is 0. The van der Waals surface area contributed by atoms with Gasteiger partial charge in [0.05, 0.1) is 13.2 Å². The molecule has 0 aliphatic carbocycles. The van der Waals surface area contributed by atoms with Gasteiger partial charge in [0.2, 0.25) is 0 Å². The van der Waals surface area contributed by atoms with Crippen LogP contribution in [0.5, 0.6) is 5.75 Å². The highest BCUT2D eigenvalue weighted by Gasteiger charge is 2.03. The van der Waals surface area contributed by atoms with Gasteiger partial charge in [-0.2, -0.15) is 0 Å². The Bertz CT molecular complexity index is 576. The number of nitrogens with zero attached hydrogens (tertiary/aromatic N) is 4. The number of ether oxygens (including phenoxy) is 1. The van der Waals surface area contributed by atoms with E-state index in [0.717, 1.165) is 22.3 Å². The molecule has 0 radical (unpaired) electrons. The third kappa shape index (κ3) is 2.65. The molecule has 5 heteroatoms. The summed E-state index contributed by atoms with van der Waals surface area (Å²) in [6, 6.07) is 9.75. The van der Waals surface area contributed by atoms with Gasteiger partial charge in [0.25, 0.3) is 0 Å². The van der Waals surface area contributed by atoms with E-state index in [9.17, 15) is 0 Å². The molecule has 0 atom stereocenters. The SMILES string of the molecule is Cc1ccc2cccc(OCCN=[N+]=[N-])c2n1. The number of hydrogen-bond acceptors (Lipinski definition) is 3. The Kier molecular flexibility index (Phi) is 3.43. The van der Waals surface area contributed by atoms with Gasteiger partial charge in [-0.1, -0.05) is 23.3 Å². The number of rotatable bonds is 4. The predicted molar refractivity (Wildman–Crippen MR) is 66.0 cm³/mol. The maximum absolute atomic E-state index is 8.16. The molecule has 0 saturated heterocycles. The van der Waals surface area contributed by atoms with Gasteiger partial charge in [0.15, 0.2) is 0 Å². The molecule has 5 nitrogen and oxygen atoms in total. The first-order valence-electron chi connectivity index (χ1n) is 5.31. The summed E-state index contributed by atoms with van der Waals surface area (Å²) in [6.45, 7) is 2.62. The zero-order chi connectivity index (χ0) is 12.1. The van der Waals surface area contributed by atoms with E-state index in [4.69, 9.17) is 10.3 Å². The van der Waals surface area contributed by atoms with Gasteiger partial charge >= 0.3 is 0 Å². The summed E-state index contributed by atoms with van der Waals surface area (Å²) in [6.07, 6.45) is 0. The molecule has 0 aliphatic rings. The van der Waals surface area contributed by atoms with E-state index in [-0.39, 0.29) is 0 Å². The zero-order valence-electron chi connectivity index (χ0n) is 9.50. The lowest BCUT2D eigenvalue weighted by atomic mass is 10.2. The fraction of sp³-hybridized carbons (Fsp3) is 0.250. The molecule has 1 heterocycles. The molecule has 2 aromatic rings. The minimum Gasteiger partial charge on any atom is -0.491 e. The van der Waals surface area contributed by atoms with Crippen molar-refractivity contribution < 1.29 is 4.74 Å². The summed E-state index contributed by atoms with van der Waals surface area (Å²) in [5, 5.41) is 4.46. The second-order valence-electron chi connectivity index (χ2n) is 3.58. The molecule has 0 aliphatic heterocycles. The van der Waals surface area contributed by atoms with Crippen molar-refractivity contribution in [1.82, 2.24) is 4.98 Å². The first kappa shape index (κ1) is 11.2. The predicted octanol–water partition coefficient (Wildman–Crippen LogP) is 3.23. The molecule has 2 rings (SSSR count). The first-order valence-corrected chi connectivity index (χ1v) is 5.31. The molecule has 0 amide bonds. The number of fused-ring (bicyclic) bond motifs is 1.